The minimum Gasteiger partial charge on any atom is -0.256 e. The van der Waals surface area contributed by atoms with Crippen LogP contribution in [0.25, 0.3) is 0 Å². The maximum atomic E-state index is 4.12. The minimum absolute atomic E-state index is 1.00. The zero-order chi connectivity index (χ0) is 6.10. The third-order valence-electron chi connectivity index (χ3n) is 1.45. The molecule has 43 valence electrons. The summed E-state index contributed by atoms with van der Waals surface area (Å²) in [4.78, 5) is 4.12. The van der Waals surface area contributed by atoms with Crippen molar-refractivity contribution in [3.05, 3.63) is 41.7 Å². The highest BCUT2D eigenvalue weighted by atomic mass is 14.7. The average Bonchev–Trinajstić information content (AvgIpc) is 2.33. The van der Waals surface area contributed by atoms with Crippen molar-refractivity contribution in [2.24, 2.45) is 0 Å². The molecule has 1 aliphatic carbocycles. The Labute approximate surface area is 54.1 Å². The number of allylic oxidation sites excluding steroid dienone is 1. The highest BCUT2D eigenvalue weighted by Crippen LogP contribution is 2.12. The first kappa shape index (κ1) is 4.74. The summed E-state index contributed by atoms with van der Waals surface area (Å²) in [5.41, 5.74) is 2.30. The molecule has 1 aromatic rings. The van der Waals surface area contributed by atoms with E-state index in [0.717, 1.165) is 12.1 Å². The van der Waals surface area contributed by atoms with Crippen LogP contribution in [0.5, 0.6) is 0 Å². The van der Waals surface area contributed by atoms with E-state index in [4.69, 9.17) is 0 Å². The standard InChI is InChI=1S/C8H6N/c1-3-7-4-2-6-9-8(7)5-1/h1-2,4,6H,3H2. The SMILES string of the molecule is [C]1=CCc2cccnc21. The van der Waals surface area contributed by atoms with E-state index in [9.17, 15) is 0 Å². The van der Waals surface area contributed by atoms with Gasteiger partial charge in [0.05, 0.1) is 5.69 Å². The molecule has 1 heteroatoms. The van der Waals surface area contributed by atoms with E-state index in [1.165, 1.54) is 5.56 Å². The number of rotatable bonds is 0. The lowest BCUT2D eigenvalue weighted by Gasteiger charge is -1.91. The molecular weight excluding hydrogens is 110 g/mol. The summed E-state index contributed by atoms with van der Waals surface area (Å²) in [5.74, 6) is 0. The number of pyridine rings is 1. The Morgan fingerprint density at radius 2 is 2.56 bits per heavy atom. The highest BCUT2D eigenvalue weighted by molar-refractivity contribution is 5.32. The van der Waals surface area contributed by atoms with Crippen LogP contribution < -0.4 is 0 Å². The van der Waals surface area contributed by atoms with Crippen LogP contribution in [0.1, 0.15) is 11.3 Å². The lowest BCUT2D eigenvalue weighted by Crippen LogP contribution is -1.83. The van der Waals surface area contributed by atoms with Gasteiger partial charge in [0.1, 0.15) is 0 Å². The molecule has 0 spiro atoms. The van der Waals surface area contributed by atoms with Gasteiger partial charge in [-0.05, 0) is 18.1 Å². The lowest BCUT2D eigenvalue weighted by molar-refractivity contribution is 1.20. The minimum atomic E-state index is 1.00. The van der Waals surface area contributed by atoms with Gasteiger partial charge >= 0.3 is 0 Å². The van der Waals surface area contributed by atoms with Gasteiger partial charge in [-0.25, -0.2) is 0 Å². The number of nitrogens with zero attached hydrogens (tertiary/aromatic N) is 1. The van der Waals surface area contributed by atoms with Crippen LogP contribution in [0.4, 0.5) is 0 Å². The summed E-state index contributed by atoms with van der Waals surface area (Å²) in [6.45, 7) is 0. The van der Waals surface area contributed by atoms with Crippen molar-refractivity contribution in [1.82, 2.24) is 4.98 Å². The number of hydrogen-bond acceptors (Lipinski definition) is 1. The summed E-state index contributed by atoms with van der Waals surface area (Å²) in [5, 5.41) is 0. The molecule has 0 saturated carbocycles. The predicted octanol–water partition coefficient (Wildman–Crippen LogP) is 1.35. The Kier molecular flexibility index (Phi) is 0.890. The summed E-state index contributed by atoms with van der Waals surface area (Å²) < 4.78 is 0. The number of fused-ring (bicyclic) bond motifs is 1. The summed E-state index contributed by atoms with van der Waals surface area (Å²) in [7, 11) is 0. The molecular formula is C8H6N. The molecule has 0 bridgehead atoms. The van der Waals surface area contributed by atoms with Gasteiger partial charge in [-0.3, -0.25) is 4.98 Å². The Bertz CT molecular complexity index is 250. The van der Waals surface area contributed by atoms with Gasteiger partial charge in [0.2, 0.25) is 0 Å². The fourth-order valence-electron chi connectivity index (χ4n) is 0.991. The van der Waals surface area contributed by atoms with E-state index >= 15 is 0 Å². The van der Waals surface area contributed by atoms with Gasteiger partial charge in [0, 0.05) is 12.3 Å². The summed E-state index contributed by atoms with van der Waals surface area (Å²) in [6.07, 6.45) is 7.88. The van der Waals surface area contributed by atoms with Gasteiger partial charge in [0.15, 0.2) is 0 Å². The zero-order valence-electron chi connectivity index (χ0n) is 4.96. The second-order valence-corrected chi connectivity index (χ2v) is 2.06. The molecule has 1 nitrogen and oxygen atoms in total. The summed E-state index contributed by atoms with van der Waals surface area (Å²) in [6, 6.07) is 4.04. The monoisotopic (exact) mass is 116 g/mol. The van der Waals surface area contributed by atoms with E-state index in [2.05, 4.69) is 17.1 Å². The number of aromatic nitrogens is 1. The van der Waals surface area contributed by atoms with E-state index < -0.39 is 0 Å². The van der Waals surface area contributed by atoms with Crippen molar-refractivity contribution in [1.29, 1.82) is 0 Å². The van der Waals surface area contributed by atoms with Crippen molar-refractivity contribution in [2.75, 3.05) is 0 Å². The van der Waals surface area contributed by atoms with Gasteiger partial charge in [-0.1, -0.05) is 12.1 Å². The average molecular weight is 116 g/mol. The van der Waals surface area contributed by atoms with Crippen molar-refractivity contribution in [2.45, 2.75) is 6.42 Å². The van der Waals surface area contributed by atoms with Crippen LogP contribution >= 0.6 is 0 Å². The van der Waals surface area contributed by atoms with Crippen LogP contribution in [-0.2, 0) is 6.42 Å². The molecule has 0 atom stereocenters. The van der Waals surface area contributed by atoms with Gasteiger partial charge in [-0.2, -0.15) is 0 Å². The maximum Gasteiger partial charge on any atom is 0.0740 e. The normalized spacial score (nSPS) is 13.8. The highest BCUT2D eigenvalue weighted by Gasteiger charge is 2.02. The van der Waals surface area contributed by atoms with Crippen molar-refractivity contribution >= 4 is 0 Å². The molecule has 9 heavy (non-hydrogen) atoms. The van der Waals surface area contributed by atoms with Crippen LogP contribution in [0, 0.1) is 6.08 Å². The zero-order valence-corrected chi connectivity index (χ0v) is 4.96. The van der Waals surface area contributed by atoms with Crippen LogP contribution in [0.3, 0.4) is 0 Å². The van der Waals surface area contributed by atoms with Gasteiger partial charge in [0.25, 0.3) is 0 Å². The molecule has 1 heterocycles. The first-order chi connectivity index (χ1) is 4.47. The van der Waals surface area contributed by atoms with E-state index in [0.29, 0.717) is 0 Å². The molecule has 0 fully saturated rings. The molecule has 1 radical (unpaired) electrons. The molecule has 0 aromatic carbocycles. The Morgan fingerprint density at radius 1 is 1.56 bits per heavy atom. The topological polar surface area (TPSA) is 12.9 Å². The molecule has 0 N–H and O–H groups in total. The Balaban J connectivity index is 2.63. The fourth-order valence-corrected chi connectivity index (χ4v) is 0.991. The van der Waals surface area contributed by atoms with Crippen LogP contribution in [-0.4, -0.2) is 4.98 Å². The summed E-state index contributed by atoms with van der Waals surface area (Å²) >= 11 is 0. The lowest BCUT2D eigenvalue weighted by atomic mass is 10.2. The first-order valence-corrected chi connectivity index (χ1v) is 2.99. The van der Waals surface area contributed by atoms with E-state index in [1.807, 2.05) is 12.1 Å². The molecule has 0 saturated heterocycles. The second-order valence-electron chi connectivity index (χ2n) is 2.06. The molecule has 1 aliphatic rings. The fraction of sp³-hybridized carbons (Fsp3) is 0.125. The molecule has 2 rings (SSSR count). The van der Waals surface area contributed by atoms with Crippen molar-refractivity contribution in [3.63, 3.8) is 0 Å². The molecule has 0 unspecified atom stereocenters. The molecule has 0 aliphatic heterocycles. The van der Waals surface area contributed by atoms with Crippen molar-refractivity contribution in [3.8, 4) is 0 Å². The predicted molar refractivity (Wildman–Crippen MR) is 34.9 cm³/mol. The van der Waals surface area contributed by atoms with E-state index in [-0.39, 0.29) is 0 Å². The Hall–Kier alpha value is -1.11. The van der Waals surface area contributed by atoms with Crippen molar-refractivity contribution < 1.29 is 0 Å². The van der Waals surface area contributed by atoms with Gasteiger partial charge in [-0.15, -0.1) is 0 Å². The quantitative estimate of drug-likeness (QED) is 0.498. The van der Waals surface area contributed by atoms with E-state index in [1.54, 1.807) is 6.20 Å². The number of hydrogen-bond donors (Lipinski definition) is 0. The van der Waals surface area contributed by atoms with Gasteiger partial charge < -0.3 is 0 Å². The molecule has 0 amide bonds. The molecule has 1 aromatic heterocycles. The Morgan fingerprint density at radius 3 is 3.44 bits per heavy atom. The third kappa shape index (κ3) is 0.653. The third-order valence-corrected chi connectivity index (χ3v) is 1.45. The second kappa shape index (κ2) is 1.69. The first-order valence-electron chi connectivity index (χ1n) is 2.99. The smallest absolute Gasteiger partial charge is 0.0740 e. The van der Waals surface area contributed by atoms with Crippen LogP contribution in [0.15, 0.2) is 24.4 Å². The van der Waals surface area contributed by atoms with Crippen LogP contribution in [0.2, 0.25) is 0 Å². The largest absolute Gasteiger partial charge is 0.256 e. The maximum absolute atomic E-state index is 4.12.